The molecule has 0 heterocycles. The van der Waals surface area contributed by atoms with Gasteiger partial charge in [-0.1, -0.05) is 41.0 Å². The summed E-state index contributed by atoms with van der Waals surface area (Å²) < 4.78 is 57.8. The van der Waals surface area contributed by atoms with Crippen LogP contribution in [0.4, 0.5) is 13.2 Å². The average Bonchev–Trinajstić information content (AvgIpc) is 2.86. The van der Waals surface area contributed by atoms with Gasteiger partial charge in [0.15, 0.2) is 6.61 Å². The number of benzene rings is 2. The highest BCUT2D eigenvalue weighted by molar-refractivity contribution is 6.32. The first kappa shape index (κ1) is 30.3. The van der Waals surface area contributed by atoms with Crippen LogP contribution in [0.5, 0.6) is 5.75 Å². The standard InChI is InChI=1S/C23H22ClF3N2O9/c1-3-34-20(30)13-35-21(31)14(2)38-28-11-15-4-6-16(7-5-15)12-36-22(29(32)33)37-19-9-8-17(10-18(19)24)23(25,26)27/h4-11,14,22H,3,12-13H2,1-2H3/b28-11+. The molecule has 206 valence electrons. The van der Waals surface area contributed by atoms with Gasteiger partial charge < -0.3 is 19.0 Å². The van der Waals surface area contributed by atoms with Crippen molar-refractivity contribution in [1.29, 1.82) is 0 Å². The molecule has 2 aromatic carbocycles. The molecule has 0 aromatic heterocycles. The van der Waals surface area contributed by atoms with Gasteiger partial charge in [0.1, 0.15) is 5.75 Å². The molecule has 2 aromatic rings. The molecule has 2 unspecified atom stereocenters. The molecular weight excluding hydrogens is 541 g/mol. The molecule has 0 N–H and O–H groups in total. The Morgan fingerprint density at radius 2 is 1.84 bits per heavy atom. The van der Waals surface area contributed by atoms with Crippen LogP contribution in [0.1, 0.15) is 30.5 Å². The van der Waals surface area contributed by atoms with Crippen LogP contribution in [-0.4, -0.2) is 48.8 Å². The minimum Gasteiger partial charge on any atom is -0.463 e. The first-order valence-corrected chi connectivity index (χ1v) is 11.2. The van der Waals surface area contributed by atoms with Gasteiger partial charge in [-0.2, -0.15) is 13.2 Å². The summed E-state index contributed by atoms with van der Waals surface area (Å²) in [5.74, 6) is -1.87. The highest BCUT2D eigenvalue weighted by Gasteiger charge is 2.32. The average molecular weight is 563 g/mol. The Hall–Kier alpha value is -3.91. The van der Waals surface area contributed by atoms with Crippen LogP contribution in [0.15, 0.2) is 47.6 Å². The summed E-state index contributed by atoms with van der Waals surface area (Å²) >= 11 is 5.77. The van der Waals surface area contributed by atoms with Crippen molar-refractivity contribution in [1.82, 2.24) is 0 Å². The molecule has 0 saturated carbocycles. The molecule has 0 radical (unpaired) electrons. The fraction of sp³-hybridized carbons (Fsp3) is 0.348. The van der Waals surface area contributed by atoms with Crippen molar-refractivity contribution in [2.24, 2.45) is 5.16 Å². The smallest absolute Gasteiger partial charge is 0.463 e. The van der Waals surface area contributed by atoms with E-state index in [9.17, 15) is 32.9 Å². The van der Waals surface area contributed by atoms with Crippen molar-refractivity contribution in [3.05, 3.63) is 74.3 Å². The maximum absolute atomic E-state index is 12.8. The van der Waals surface area contributed by atoms with Gasteiger partial charge in [-0.15, -0.1) is 0 Å². The quantitative estimate of drug-likeness (QED) is 0.115. The Balaban J connectivity index is 1.88. The third-order valence-corrected chi connectivity index (χ3v) is 4.72. The first-order valence-electron chi connectivity index (χ1n) is 10.8. The summed E-state index contributed by atoms with van der Waals surface area (Å²) in [6.45, 7) is 2.31. The molecule has 0 bridgehead atoms. The summed E-state index contributed by atoms with van der Waals surface area (Å²) in [5.41, 5.74) is -0.00163. The molecule has 38 heavy (non-hydrogen) atoms. The number of rotatable bonds is 13. The monoisotopic (exact) mass is 562 g/mol. The zero-order valence-corrected chi connectivity index (χ0v) is 20.7. The molecule has 0 aliphatic heterocycles. The van der Waals surface area contributed by atoms with E-state index < -0.39 is 52.7 Å². The Morgan fingerprint density at radius 1 is 1.16 bits per heavy atom. The second-order valence-electron chi connectivity index (χ2n) is 7.30. The van der Waals surface area contributed by atoms with Crippen LogP contribution >= 0.6 is 11.6 Å². The van der Waals surface area contributed by atoms with Crippen LogP contribution in [0.25, 0.3) is 0 Å². The number of halogens is 4. The molecule has 0 saturated heterocycles. The van der Waals surface area contributed by atoms with Gasteiger partial charge in [-0.25, -0.2) is 9.59 Å². The van der Waals surface area contributed by atoms with E-state index in [2.05, 4.69) is 9.89 Å². The number of oxime groups is 1. The Morgan fingerprint density at radius 3 is 2.42 bits per heavy atom. The van der Waals surface area contributed by atoms with Gasteiger partial charge >= 0.3 is 24.5 Å². The number of carbonyl (C=O) groups excluding carboxylic acids is 2. The molecule has 0 aliphatic carbocycles. The van der Waals surface area contributed by atoms with Gasteiger partial charge in [-0.3, -0.25) is 14.9 Å². The van der Waals surface area contributed by atoms with E-state index in [0.29, 0.717) is 23.3 Å². The topological polar surface area (TPSA) is 136 Å². The normalized spacial score (nSPS) is 13.0. The molecule has 2 atom stereocenters. The minimum absolute atomic E-state index is 0.152. The SMILES string of the molecule is CCOC(=O)COC(=O)C(C)O/N=C/c1ccc(COC(Oc2ccc(C(F)(F)F)cc2Cl)[N+](=O)[O-])cc1. The van der Waals surface area contributed by atoms with E-state index in [-0.39, 0.29) is 19.0 Å². The van der Waals surface area contributed by atoms with Crippen molar-refractivity contribution >= 4 is 29.8 Å². The number of alkyl halides is 3. The van der Waals surface area contributed by atoms with Crippen molar-refractivity contribution in [3.63, 3.8) is 0 Å². The summed E-state index contributed by atoms with van der Waals surface area (Å²) in [4.78, 5) is 38.3. The van der Waals surface area contributed by atoms with E-state index in [0.717, 1.165) is 6.07 Å². The van der Waals surface area contributed by atoms with E-state index in [1.807, 2.05) is 0 Å². The lowest BCUT2D eigenvalue weighted by Crippen LogP contribution is -2.29. The fourth-order valence-corrected chi connectivity index (χ4v) is 2.79. The van der Waals surface area contributed by atoms with E-state index in [4.69, 9.17) is 30.6 Å². The van der Waals surface area contributed by atoms with Crippen LogP contribution in [0.3, 0.4) is 0 Å². The van der Waals surface area contributed by atoms with Gasteiger partial charge in [0, 0.05) is 0 Å². The van der Waals surface area contributed by atoms with Gasteiger partial charge in [0.05, 0.1) is 34.9 Å². The second kappa shape index (κ2) is 14.1. The summed E-state index contributed by atoms with van der Waals surface area (Å²) in [6.07, 6.45) is -6.48. The zero-order valence-electron chi connectivity index (χ0n) is 20.0. The number of ether oxygens (including phenoxy) is 4. The Labute approximate surface area is 219 Å². The molecule has 11 nitrogen and oxygen atoms in total. The molecular formula is C23H22ClF3N2O9. The van der Waals surface area contributed by atoms with Crippen molar-refractivity contribution in [2.45, 2.75) is 39.1 Å². The summed E-state index contributed by atoms with van der Waals surface area (Å²) in [7, 11) is 0. The molecule has 0 spiro atoms. The predicted molar refractivity (Wildman–Crippen MR) is 125 cm³/mol. The lowest BCUT2D eigenvalue weighted by molar-refractivity contribution is -0.621. The molecule has 15 heteroatoms. The molecule has 0 aliphatic rings. The third-order valence-electron chi connectivity index (χ3n) is 4.42. The number of nitro groups is 1. The molecule has 0 amide bonds. The van der Waals surface area contributed by atoms with Crippen molar-refractivity contribution < 1.29 is 51.5 Å². The molecule has 0 fully saturated rings. The van der Waals surface area contributed by atoms with Gasteiger partial charge in [0.25, 0.3) is 0 Å². The number of carbonyl (C=O) groups is 2. The largest absolute Gasteiger partial charge is 0.475 e. The number of hydrogen-bond acceptors (Lipinski definition) is 10. The fourth-order valence-electron chi connectivity index (χ4n) is 2.56. The highest BCUT2D eigenvalue weighted by Crippen LogP contribution is 2.35. The minimum atomic E-state index is -4.64. The van der Waals surface area contributed by atoms with Crippen molar-refractivity contribution in [2.75, 3.05) is 13.2 Å². The van der Waals surface area contributed by atoms with E-state index in [1.165, 1.54) is 13.1 Å². The zero-order chi connectivity index (χ0) is 28.3. The van der Waals surface area contributed by atoms with E-state index in [1.54, 1.807) is 31.2 Å². The van der Waals surface area contributed by atoms with Gasteiger partial charge in [0.2, 0.25) is 6.10 Å². The highest BCUT2D eigenvalue weighted by atomic mass is 35.5. The number of esters is 2. The second-order valence-corrected chi connectivity index (χ2v) is 7.71. The summed E-state index contributed by atoms with van der Waals surface area (Å²) in [6, 6.07) is 8.39. The predicted octanol–water partition coefficient (Wildman–Crippen LogP) is 4.36. The lowest BCUT2D eigenvalue weighted by Gasteiger charge is -2.14. The Kier molecular flexibility index (Phi) is 11.3. The number of hydrogen-bond donors (Lipinski definition) is 0. The Bertz CT molecular complexity index is 1140. The van der Waals surface area contributed by atoms with Crippen LogP contribution in [-0.2, 0) is 41.4 Å². The maximum Gasteiger partial charge on any atom is 0.475 e. The van der Waals surface area contributed by atoms with Crippen molar-refractivity contribution in [3.8, 4) is 5.75 Å². The van der Waals surface area contributed by atoms with Crippen LogP contribution in [0.2, 0.25) is 5.02 Å². The van der Waals surface area contributed by atoms with Crippen LogP contribution < -0.4 is 4.74 Å². The van der Waals surface area contributed by atoms with Gasteiger partial charge in [-0.05, 0) is 43.2 Å². The number of nitrogens with zero attached hydrogens (tertiary/aromatic N) is 2. The van der Waals surface area contributed by atoms with Crippen LogP contribution in [0, 0.1) is 10.1 Å². The third kappa shape index (κ3) is 9.86. The lowest BCUT2D eigenvalue weighted by atomic mass is 10.1. The first-order chi connectivity index (χ1) is 17.9. The summed E-state index contributed by atoms with van der Waals surface area (Å²) in [5, 5.41) is 14.5. The maximum atomic E-state index is 12.8. The van der Waals surface area contributed by atoms with E-state index >= 15 is 0 Å². The molecule has 2 rings (SSSR count).